The molecule has 0 aliphatic heterocycles. The maximum Gasteiger partial charge on any atom is 0.434 e. The molecule has 1 aliphatic carbocycles. The minimum Gasteiger partial charge on any atom is -0.365 e. The van der Waals surface area contributed by atoms with E-state index in [-0.39, 0.29) is 24.5 Å². The molecule has 0 bridgehead atoms. The van der Waals surface area contributed by atoms with E-state index in [0.29, 0.717) is 5.82 Å². The lowest BCUT2D eigenvalue weighted by atomic mass is 10.2. The predicted molar refractivity (Wildman–Crippen MR) is 63.5 cm³/mol. The average molecular weight is 283 g/mol. The molecule has 1 fully saturated rings. The Morgan fingerprint density at radius 2 is 1.94 bits per heavy atom. The first-order chi connectivity index (χ1) is 7.97. The lowest BCUT2D eigenvalue weighted by Crippen LogP contribution is -2.35. The third-order valence-corrected chi connectivity index (χ3v) is 2.84. The van der Waals surface area contributed by atoms with Gasteiger partial charge in [0.15, 0.2) is 5.69 Å². The third-order valence-electron chi connectivity index (χ3n) is 2.84. The largest absolute Gasteiger partial charge is 0.434 e. The van der Waals surface area contributed by atoms with E-state index >= 15 is 0 Å². The molecule has 102 valence electrons. The van der Waals surface area contributed by atoms with E-state index in [1.807, 2.05) is 0 Å². The fourth-order valence-electron chi connectivity index (χ4n) is 1.91. The van der Waals surface area contributed by atoms with Crippen LogP contribution in [-0.4, -0.2) is 22.1 Å². The molecule has 2 rings (SSSR count). The van der Waals surface area contributed by atoms with Crippen LogP contribution < -0.4 is 11.1 Å². The number of anilines is 1. The topological polar surface area (TPSA) is 63.8 Å². The highest BCUT2D eigenvalue weighted by Crippen LogP contribution is 2.27. The quantitative estimate of drug-likeness (QED) is 0.873. The number of rotatable bonds is 2. The molecular weight excluding hydrogens is 269 g/mol. The van der Waals surface area contributed by atoms with Crippen molar-refractivity contribution in [3.63, 3.8) is 0 Å². The highest BCUT2D eigenvalue weighted by Gasteiger charge is 2.33. The highest BCUT2D eigenvalue weighted by atomic mass is 35.5. The molecule has 2 atom stereocenters. The van der Waals surface area contributed by atoms with Gasteiger partial charge in [0, 0.05) is 12.1 Å². The Labute approximate surface area is 109 Å². The number of nitrogens with zero attached hydrogens (tertiary/aromatic N) is 2. The number of alkyl halides is 3. The fraction of sp³-hybridized carbons (Fsp3) is 0.600. The summed E-state index contributed by atoms with van der Waals surface area (Å²) in [6.07, 6.45) is 0.217. The van der Waals surface area contributed by atoms with Crippen LogP contribution in [0.5, 0.6) is 0 Å². The van der Waals surface area contributed by atoms with Gasteiger partial charge in [0.05, 0.1) is 12.4 Å². The van der Waals surface area contributed by atoms with Crippen LogP contribution in [0.2, 0.25) is 0 Å². The molecule has 1 aromatic heterocycles. The van der Waals surface area contributed by atoms with Crippen molar-refractivity contribution in [3.8, 4) is 0 Å². The zero-order valence-electron chi connectivity index (χ0n) is 9.44. The van der Waals surface area contributed by atoms with E-state index in [1.54, 1.807) is 0 Å². The number of nitrogens with one attached hydrogen (secondary N) is 1. The summed E-state index contributed by atoms with van der Waals surface area (Å²) in [4.78, 5) is 7.02. The van der Waals surface area contributed by atoms with Crippen LogP contribution in [0.1, 0.15) is 25.0 Å². The molecule has 1 unspecified atom stereocenters. The van der Waals surface area contributed by atoms with E-state index in [0.717, 1.165) is 31.7 Å². The summed E-state index contributed by atoms with van der Waals surface area (Å²) in [6.45, 7) is 0. The Morgan fingerprint density at radius 1 is 1.22 bits per heavy atom. The monoisotopic (exact) mass is 282 g/mol. The maximum absolute atomic E-state index is 12.2. The lowest BCUT2D eigenvalue weighted by Gasteiger charge is -2.17. The second kappa shape index (κ2) is 5.71. The van der Waals surface area contributed by atoms with Gasteiger partial charge in [-0.2, -0.15) is 13.2 Å². The molecule has 0 aromatic carbocycles. The molecule has 8 heteroatoms. The SMILES string of the molecule is Cl.N[C@H]1CCCC1Nc1cnc(C(F)(F)F)cn1. The number of halogens is 4. The average Bonchev–Trinajstić information content (AvgIpc) is 2.64. The van der Waals surface area contributed by atoms with Crippen molar-refractivity contribution in [3.05, 3.63) is 18.1 Å². The second-order valence-electron chi connectivity index (χ2n) is 4.13. The Balaban J connectivity index is 0.00000162. The molecule has 1 aliphatic rings. The summed E-state index contributed by atoms with van der Waals surface area (Å²) in [5.74, 6) is 0.334. The molecule has 4 nitrogen and oxygen atoms in total. The Hall–Kier alpha value is -1.08. The standard InChI is InChI=1S/C10H13F3N4.ClH/c11-10(12,13)8-4-16-9(5-15-8)17-7-3-1-2-6(7)14;/h4-7H,1-3,14H2,(H,16,17);1H/t6-,7?;/m0./s1. The van der Waals surface area contributed by atoms with Crippen LogP contribution in [0, 0.1) is 0 Å². The van der Waals surface area contributed by atoms with Crippen molar-refractivity contribution < 1.29 is 13.2 Å². The first-order valence-corrected chi connectivity index (χ1v) is 5.38. The Kier molecular flexibility index (Phi) is 4.75. The summed E-state index contributed by atoms with van der Waals surface area (Å²) in [5, 5.41) is 3.00. The number of aromatic nitrogens is 2. The van der Waals surface area contributed by atoms with E-state index in [4.69, 9.17) is 5.73 Å². The van der Waals surface area contributed by atoms with Gasteiger partial charge in [-0.1, -0.05) is 0 Å². The molecule has 1 heterocycles. The molecular formula is C10H14ClF3N4. The van der Waals surface area contributed by atoms with Crippen molar-refractivity contribution in [1.82, 2.24) is 9.97 Å². The maximum atomic E-state index is 12.2. The van der Waals surface area contributed by atoms with Gasteiger partial charge in [0.1, 0.15) is 5.82 Å². The van der Waals surface area contributed by atoms with Gasteiger partial charge < -0.3 is 11.1 Å². The van der Waals surface area contributed by atoms with Gasteiger partial charge >= 0.3 is 6.18 Å². The summed E-state index contributed by atoms with van der Waals surface area (Å²) < 4.78 is 36.7. The van der Waals surface area contributed by atoms with Crippen molar-refractivity contribution in [2.24, 2.45) is 5.73 Å². The van der Waals surface area contributed by atoms with Gasteiger partial charge in [0.25, 0.3) is 0 Å². The predicted octanol–water partition coefficient (Wildman–Crippen LogP) is 2.21. The second-order valence-corrected chi connectivity index (χ2v) is 4.13. The van der Waals surface area contributed by atoms with Gasteiger partial charge in [-0.25, -0.2) is 9.97 Å². The Morgan fingerprint density at radius 3 is 2.39 bits per heavy atom. The molecule has 0 spiro atoms. The summed E-state index contributed by atoms with van der Waals surface area (Å²) in [7, 11) is 0. The molecule has 3 N–H and O–H groups in total. The van der Waals surface area contributed by atoms with E-state index in [2.05, 4.69) is 15.3 Å². The van der Waals surface area contributed by atoms with E-state index in [1.165, 1.54) is 0 Å². The van der Waals surface area contributed by atoms with E-state index in [9.17, 15) is 13.2 Å². The summed E-state index contributed by atoms with van der Waals surface area (Å²) >= 11 is 0. The van der Waals surface area contributed by atoms with Crippen LogP contribution in [0.15, 0.2) is 12.4 Å². The van der Waals surface area contributed by atoms with Crippen molar-refractivity contribution in [2.45, 2.75) is 37.5 Å². The molecule has 0 radical (unpaired) electrons. The first kappa shape index (κ1) is 15.0. The third kappa shape index (κ3) is 3.46. The zero-order chi connectivity index (χ0) is 12.5. The van der Waals surface area contributed by atoms with Crippen LogP contribution in [0.25, 0.3) is 0 Å². The van der Waals surface area contributed by atoms with Gasteiger partial charge in [-0.3, -0.25) is 0 Å². The van der Waals surface area contributed by atoms with Crippen LogP contribution in [0.3, 0.4) is 0 Å². The van der Waals surface area contributed by atoms with Crippen molar-refractivity contribution in [1.29, 1.82) is 0 Å². The molecule has 1 saturated carbocycles. The smallest absolute Gasteiger partial charge is 0.365 e. The van der Waals surface area contributed by atoms with Crippen LogP contribution >= 0.6 is 12.4 Å². The van der Waals surface area contributed by atoms with Gasteiger partial charge in [-0.15, -0.1) is 12.4 Å². The van der Waals surface area contributed by atoms with Gasteiger partial charge in [0.2, 0.25) is 0 Å². The van der Waals surface area contributed by atoms with Crippen LogP contribution in [0.4, 0.5) is 19.0 Å². The highest BCUT2D eigenvalue weighted by molar-refractivity contribution is 5.85. The summed E-state index contributed by atoms with van der Waals surface area (Å²) in [5.41, 5.74) is 4.85. The fourth-order valence-corrected chi connectivity index (χ4v) is 1.91. The number of hydrogen-bond acceptors (Lipinski definition) is 4. The van der Waals surface area contributed by atoms with Crippen molar-refractivity contribution >= 4 is 18.2 Å². The molecule has 18 heavy (non-hydrogen) atoms. The zero-order valence-corrected chi connectivity index (χ0v) is 10.3. The Bertz CT molecular complexity index is 382. The van der Waals surface area contributed by atoms with E-state index < -0.39 is 11.9 Å². The minimum absolute atomic E-state index is 0. The summed E-state index contributed by atoms with van der Waals surface area (Å²) in [6, 6.07) is 0.0973. The minimum atomic E-state index is -4.45. The molecule has 0 saturated heterocycles. The number of hydrogen-bond donors (Lipinski definition) is 2. The first-order valence-electron chi connectivity index (χ1n) is 5.38. The number of nitrogens with two attached hydrogens (primary N) is 1. The molecule has 1 aromatic rings. The van der Waals surface area contributed by atoms with Crippen LogP contribution in [-0.2, 0) is 6.18 Å². The lowest BCUT2D eigenvalue weighted by molar-refractivity contribution is -0.141. The normalized spacial score (nSPS) is 23.6. The molecule has 0 amide bonds. The van der Waals surface area contributed by atoms with Gasteiger partial charge in [-0.05, 0) is 19.3 Å². The van der Waals surface area contributed by atoms with Crippen molar-refractivity contribution in [2.75, 3.05) is 5.32 Å².